The molecule has 0 aliphatic heterocycles. The van der Waals surface area contributed by atoms with Gasteiger partial charge in [0.1, 0.15) is 17.3 Å². The number of rotatable bonds is 3. The van der Waals surface area contributed by atoms with E-state index in [2.05, 4.69) is 15.9 Å². The highest BCUT2D eigenvalue weighted by Gasteiger charge is 2.07. The Labute approximate surface area is 123 Å². The maximum atomic E-state index is 13.0. The molecule has 0 amide bonds. The van der Waals surface area contributed by atoms with Crippen LogP contribution in [0.4, 0.5) is 4.39 Å². The van der Waals surface area contributed by atoms with Gasteiger partial charge >= 0.3 is 0 Å². The van der Waals surface area contributed by atoms with Crippen LogP contribution in [-0.2, 0) is 5.88 Å². The Hall–Kier alpha value is -0.770. The third kappa shape index (κ3) is 3.16. The zero-order valence-electron chi connectivity index (χ0n) is 9.09. The Balaban J connectivity index is 2.33. The minimum absolute atomic E-state index is 0.0231. The SMILES string of the molecule is Fc1ccc(Oc2cc(Br)ccc2CCl)cc1Cl. The lowest BCUT2D eigenvalue weighted by molar-refractivity contribution is 0.476. The second kappa shape index (κ2) is 5.91. The topological polar surface area (TPSA) is 9.23 Å². The van der Waals surface area contributed by atoms with Gasteiger partial charge in [0.25, 0.3) is 0 Å². The van der Waals surface area contributed by atoms with E-state index >= 15 is 0 Å². The van der Waals surface area contributed by atoms with E-state index in [1.54, 1.807) is 6.07 Å². The third-order valence-corrected chi connectivity index (χ3v) is 3.36. The summed E-state index contributed by atoms with van der Waals surface area (Å²) in [6, 6.07) is 9.74. The highest BCUT2D eigenvalue weighted by atomic mass is 79.9. The summed E-state index contributed by atoms with van der Waals surface area (Å²) in [5.41, 5.74) is 0.848. The molecule has 0 aliphatic rings. The van der Waals surface area contributed by atoms with E-state index in [1.807, 2.05) is 12.1 Å². The van der Waals surface area contributed by atoms with E-state index in [-0.39, 0.29) is 5.02 Å². The fourth-order valence-corrected chi connectivity index (χ4v) is 2.13. The molecule has 0 unspecified atom stereocenters. The molecule has 0 saturated carbocycles. The van der Waals surface area contributed by atoms with Gasteiger partial charge in [-0.1, -0.05) is 33.6 Å². The molecule has 0 atom stereocenters. The minimum atomic E-state index is -0.476. The van der Waals surface area contributed by atoms with Gasteiger partial charge < -0.3 is 4.74 Å². The van der Waals surface area contributed by atoms with Crippen LogP contribution in [0.1, 0.15) is 5.56 Å². The van der Waals surface area contributed by atoms with Crippen LogP contribution < -0.4 is 4.74 Å². The average molecular weight is 350 g/mol. The van der Waals surface area contributed by atoms with Crippen LogP contribution >= 0.6 is 39.1 Å². The summed E-state index contributed by atoms with van der Waals surface area (Å²) in [7, 11) is 0. The molecule has 0 radical (unpaired) electrons. The van der Waals surface area contributed by atoms with Gasteiger partial charge in [-0.15, -0.1) is 11.6 Å². The summed E-state index contributed by atoms with van der Waals surface area (Å²) in [6.07, 6.45) is 0. The zero-order chi connectivity index (χ0) is 13.1. The van der Waals surface area contributed by atoms with Crippen molar-refractivity contribution in [1.29, 1.82) is 0 Å². The number of hydrogen-bond donors (Lipinski definition) is 0. The Morgan fingerprint density at radius 3 is 2.61 bits per heavy atom. The van der Waals surface area contributed by atoms with Gasteiger partial charge in [-0.2, -0.15) is 0 Å². The molecule has 1 nitrogen and oxygen atoms in total. The second-order valence-electron chi connectivity index (χ2n) is 3.56. The number of hydrogen-bond acceptors (Lipinski definition) is 1. The first-order valence-corrected chi connectivity index (χ1v) is 6.78. The van der Waals surface area contributed by atoms with E-state index in [1.165, 1.54) is 18.2 Å². The number of ether oxygens (including phenoxy) is 1. The number of alkyl halides is 1. The number of benzene rings is 2. The molecule has 2 aromatic carbocycles. The molecule has 2 rings (SSSR count). The minimum Gasteiger partial charge on any atom is -0.457 e. The maximum absolute atomic E-state index is 13.0. The molecule has 0 spiro atoms. The van der Waals surface area contributed by atoms with Crippen molar-refractivity contribution in [3.8, 4) is 11.5 Å². The van der Waals surface area contributed by atoms with Crippen molar-refractivity contribution >= 4 is 39.1 Å². The average Bonchev–Trinajstić information content (AvgIpc) is 2.34. The van der Waals surface area contributed by atoms with Crippen molar-refractivity contribution in [2.45, 2.75) is 5.88 Å². The standard InChI is InChI=1S/C13H8BrCl2FO/c14-9-2-1-8(7-15)13(5-9)18-10-3-4-12(17)11(16)6-10/h1-6H,7H2. The van der Waals surface area contributed by atoms with Crippen LogP contribution in [0.3, 0.4) is 0 Å². The monoisotopic (exact) mass is 348 g/mol. The van der Waals surface area contributed by atoms with Crippen molar-refractivity contribution in [1.82, 2.24) is 0 Å². The molecular formula is C13H8BrCl2FO. The highest BCUT2D eigenvalue weighted by Crippen LogP contribution is 2.31. The van der Waals surface area contributed by atoms with Gasteiger partial charge in [-0.05, 0) is 24.3 Å². The van der Waals surface area contributed by atoms with Crippen LogP contribution in [0.2, 0.25) is 5.02 Å². The molecule has 0 saturated heterocycles. The molecular weight excluding hydrogens is 342 g/mol. The molecule has 18 heavy (non-hydrogen) atoms. The van der Waals surface area contributed by atoms with E-state index in [4.69, 9.17) is 27.9 Å². The predicted octanol–water partition coefficient (Wildman–Crippen LogP) is 5.77. The normalized spacial score (nSPS) is 10.4. The van der Waals surface area contributed by atoms with Crippen molar-refractivity contribution in [3.63, 3.8) is 0 Å². The molecule has 0 heterocycles. The van der Waals surface area contributed by atoms with Gasteiger partial charge in [0.05, 0.1) is 10.9 Å². The van der Waals surface area contributed by atoms with Gasteiger partial charge in [0.2, 0.25) is 0 Å². The lowest BCUT2D eigenvalue weighted by Gasteiger charge is -2.10. The fourth-order valence-electron chi connectivity index (χ4n) is 1.40. The second-order valence-corrected chi connectivity index (χ2v) is 5.15. The summed E-state index contributed by atoms with van der Waals surface area (Å²) < 4.78 is 19.6. The Morgan fingerprint density at radius 1 is 1.17 bits per heavy atom. The van der Waals surface area contributed by atoms with Crippen LogP contribution in [0.15, 0.2) is 40.9 Å². The van der Waals surface area contributed by atoms with Crippen LogP contribution in [0, 0.1) is 5.82 Å². The Bertz CT molecular complexity index is 575. The van der Waals surface area contributed by atoms with Gasteiger partial charge in [0.15, 0.2) is 0 Å². The summed E-state index contributed by atoms with van der Waals surface area (Å²) in [5, 5.41) is 0.0231. The van der Waals surface area contributed by atoms with E-state index in [0.29, 0.717) is 17.4 Å². The van der Waals surface area contributed by atoms with Crippen molar-refractivity contribution < 1.29 is 9.13 Å². The smallest absolute Gasteiger partial charge is 0.142 e. The van der Waals surface area contributed by atoms with Crippen LogP contribution in [-0.4, -0.2) is 0 Å². The van der Waals surface area contributed by atoms with Gasteiger partial charge in [-0.3, -0.25) is 0 Å². The first-order chi connectivity index (χ1) is 8.60. The summed E-state index contributed by atoms with van der Waals surface area (Å²) in [5.74, 6) is 0.932. The molecule has 0 N–H and O–H groups in total. The first kappa shape index (κ1) is 13.7. The van der Waals surface area contributed by atoms with Crippen molar-refractivity contribution in [2.24, 2.45) is 0 Å². The van der Waals surface area contributed by atoms with Gasteiger partial charge in [-0.25, -0.2) is 4.39 Å². The predicted molar refractivity (Wildman–Crippen MR) is 75.2 cm³/mol. The summed E-state index contributed by atoms with van der Waals surface area (Å²) >= 11 is 14.9. The lowest BCUT2D eigenvalue weighted by Crippen LogP contribution is -1.90. The van der Waals surface area contributed by atoms with Crippen LogP contribution in [0.5, 0.6) is 11.5 Å². The zero-order valence-corrected chi connectivity index (χ0v) is 12.2. The quantitative estimate of drug-likeness (QED) is 0.639. The summed E-state index contributed by atoms with van der Waals surface area (Å²) in [4.78, 5) is 0. The molecule has 94 valence electrons. The van der Waals surface area contributed by atoms with Crippen molar-refractivity contribution in [2.75, 3.05) is 0 Å². The fraction of sp³-hybridized carbons (Fsp3) is 0.0769. The third-order valence-electron chi connectivity index (χ3n) is 2.29. The van der Waals surface area contributed by atoms with Crippen LogP contribution in [0.25, 0.3) is 0 Å². The molecule has 0 fully saturated rings. The largest absolute Gasteiger partial charge is 0.457 e. The Morgan fingerprint density at radius 2 is 1.94 bits per heavy atom. The number of halogens is 4. The highest BCUT2D eigenvalue weighted by molar-refractivity contribution is 9.10. The van der Waals surface area contributed by atoms with E-state index in [9.17, 15) is 4.39 Å². The van der Waals surface area contributed by atoms with E-state index in [0.717, 1.165) is 10.0 Å². The molecule has 0 bridgehead atoms. The molecule has 0 aromatic heterocycles. The Kier molecular flexibility index (Phi) is 4.49. The summed E-state index contributed by atoms with van der Waals surface area (Å²) in [6.45, 7) is 0. The van der Waals surface area contributed by atoms with E-state index < -0.39 is 5.82 Å². The lowest BCUT2D eigenvalue weighted by atomic mass is 10.2. The maximum Gasteiger partial charge on any atom is 0.142 e. The molecule has 5 heteroatoms. The molecule has 2 aromatic rings. The first-order valence-electron chi connectivity index (χ1n) is 5.07. The van der Waals surface area contributed by atoms with Crippen molar-refractivity contribution in [3.05, 3.63) is 57.3 Å². The molecule has 0 aliphatic carbocycles. The van der Waals surface area contributed by atoms with Gasteiger partial charge in [0, 0.05) is 16.1 Å².